The summed E-state index contributed by atoms with van der Waals surface area (Å²) in [4.78, 5) is 9.05. The summed E-state index contributed by atoms with van der Waals surface area (Å²) in [7, 11) is 4.35. The minimum atomic E-state index is 0.580. The van der Waals surface area contributed by atoms with Crippen molar-refractivity contribution < 1.29 is 0 Å². The van der Waals surface area contributed by atoms with E-state index in [1.165, 1.54) is 19.5 Å². The van der Waals surface area contributed by atoms with Gasteiger partial charge in [0.2, 0.25) is 0 Å². The molecule has 1 aliphatic rings. The maximum atomic E-state index is 5.88. The van der Waals surface area contributed by atoms with Gasteiger partial charge in [0.15, 0.2) is 0 Å². The lowest BCUT2D eigenvalue weighted by Crippen LogP contribution is -2.27. The smallest absolute Gasteiger partial charge is 0.129 e. The number of rotatable bonds is 4. The lowest BCUT2D eigenvalue weighted by Gasteiger charge is -2.20. The molecule has 1 fully saturated rings. The Bertz CT molecular complexity index is 369. The van der Waals surface area contributed by atoms with Gasteiger partial charge in [-0.2, -0.15) is 0 Å². The Kier molecular flexibility index (Phi) is 4.37. The van der Waals surface area contributed by atoms with Gasteiger partial charge in [0.05, 0.1) is 5.69 Å². The number of hydrogen-bond acceptors (Lipinski definition) is 3. The van der Waals surface area contributed by atoms with Crippen molar-refractivity contribution >= 4 is 11.6 Å². The minimum absolute atomic E-state index is 0.580. The molecule has 0 aliphatic carbocycles. The second-order valence-corrected chi connectivity index (χ2v) is 5.45. The predicted molar refractivity (Wildman–Crippen MR) is 71.2 cm³/mol. The van der Waals surface area contributed by atoms with Crippen molar-refractivity contribution in [2.24, 2.45) is 5.92 Å². The molecule has 17 heavy (non-hydrogen) atoms. The molecule has 1 aromatic heterocycles. The van der Waals surface area contributed by atoms with Gasteiger partial charge < -0.3 is 9.80 Å². The fraction of sp³-hybridized carbons (Fsp3) is 0.615. The standard InChI is InChI=1S/C13H20ClN3/c1-16-7-6-11(8-16)9-17(2)10-12-4-3-5-13(14)15-12/h3-5,11H,6-10H2,1-2H3. The summed E-state index contributed by atoms with van der Waals surface area (Å²) in [6.45, 7) is 4.46. The third-order valence-corrected chi connectivity index (χ3v) is 3.47. The monoisotopic (exact) mass is 253 g/mol. The van der Waals surface area contributed by atoms with Gasteiger partial charge in [-0.15, -0.1) is 0 Å². The van der Waals surface area contributed by atoms with Crippen LogP contribution < -0.4 is 0 Å². The molecule has 2 heterocycles. The van der Waals surface area contributed by atoms with Crippen molar-refractivity contribution in [1.82, 2.24) is 14.8 Å². The quantitative estimate of drug-likeness (QED) is 0.767. The molecule has 4 heteroatoms. The van der Waals surface area contributed by atoms with Crippen LogP contribution in [0.4, 0.5) is 0 Å². The van der Waals surface area contributed by atoms with E-state index >= 15 is 0 Å². The molecule has 94 valence electrons. The van der Waals surface area contributed by atoms with Gasteiger partial charge in [0.1, 0.15) is 5.15 Å². The average Bonchev–Trinajstić information content (AvgIpc) is 2.63. The van der Waals surface area contributed by atoms with E-state index in [2.05, 4.69) is 28.9 Å². The Labute approximate surface area is 108 Å². The molecule has 0 amide bonds. The van der Waals surface area contributed by atoms with Gasteiger partial charge in [-0.25, -0.2) is 4.98 Å². The third kappa shape index (κ3) is 3.95. The summed E-state index contributed by atoms with van der Waals surface area (Å²) in [6, 6.07) is 5.81. The zero-order chi connectivity index (χ0) is 12.3. The van der Waals surface area contributed by atoms with Gasteiger partial charge in [0, 0.05) is 19.6 Å². The van der Waals surface area contributed by atoms with Crippen molar-refractivity contribution in [2.45, 2.75) is 13.0 Å². The lowest BCUT2D eigenvalue weighted by atomic mass is 10.1. The maximum Gasteiger partial charge on any atom is 0.129 e. The Morgan fingerprint density at radius 1 is 1.53 bits per heavy atom. The normalized spacial score (nSPS) is 21.3. The number of nitrogens with zero attached hydrogens (tertiary/aromatic N) is 3. The molecule has 0 radical (unpaired) electrons. The second kappa shape index (κ2) is 5.80. The van der Waals surface area contributed by atoms with Crippen LogP contribution in [0.5, 0.6) is 0 Å². The zero-order valence-electron chi connectivity index (χ0n) is 10.6. The number of likely N-dealkylation sites (tertiary alicyclic amines) is 1. The summed E-state index contributed by atoms with van der Waals surface area (Å²) in [5.41, 5.74) is 1.05. The van der Waals surface area contributed by atoms with Crippen LogP contribution >= 0.6 is 11.6 Å². The predicted octanol–water partition coefficient (Wildman–Crippen LogP) is 2.12. The molecule has 0 bridgehead atoms. The van der Waals surface area contributed by atoms with Crippen molar-refractivity contribution in [3.05, 3.63) is 29.0 Å². The van der Waals surface area contributed by atoms with Crippen molar-refractivity contribution in [1.29, 1.82) is 0 Å². The maximum absolute atomic E-state index is 5.88. The average molecular weight is 254 g/mol. The first-order chi connectivity index (χ1) is 8.13. The van der Waals surface area contributed by atoms with E-state index in [1.54, 1.807) is 0 Å². The van der Waals surface area contributed by atoms with E-state index in [0.717, 1.165) is 24.7 Å². The molecule has 0 saturated carbocycles. The highest BCUT2D eigenvalue weighted by Gasteiger charge is 2.20. The van der Waals surface area contributed by atoms with E-state index in [1.807, 2.05) is 18.2 Å². The summed E-state index contributed by atoms with van der Waals surface area (Å²) in [5, 5.41) is 0.580. The number of aromatic nitrogens is 1. The van der Waals surface area contributed by atoms with Crippen LogP contribution in [0, 0.1) is 5.92 Å². The fourth-order valence-electron chi connectivity index (χ4n) is 2.50. The molecule has 1 atom stereocenters. The van der Waals surface area contributed by atoms with Crippen LogP contribution in [-0.2, 0) is 6.54 Å². The summed E-state index contributed by atoms with van der Waals surface area (Å²) in [6.07, 6.45) is 1.31. The number of halogens is 1. The first kappa shape index (κ1) is 12.8. The van der Waals surface area contributed by atoms with Gasteiger partial charge in [-0.05, 0) is 45.1 Å². The van der Waals surface area contributed by atoms with E-state index in [-0.39, 0.29) is 0 Å². The molecule has 1 saturated heterocycles. The van der Waals surface area contributed by atoms with Crippen molar-refractivity contribution in [3.8, 4) is 0 Å². The third-order valence-electron chi connectivity index (χ3n) is 3.26. The fourth-order valence-corrected chi connectivity index (χ4v) is 2.68. The Hall–Kier alpha value is -0.640. The topological polar surface area (TPSA) is 19.4 Å². The summed E-state index contributed by atoms with van der Waals surface area (Å²) in [5.74, 6) is 0.796. The molecule has 1 aromatic rings. The Morgan fingerprint density at radius 2 is 2.35 bits per heavy atom. The van der Waals surface area contributed by atoms with Crippen LogP contribution in [0.15, 0.2) is 18.2 Å². The van der Waals surface area contributed by atoms with Crippen LogP contribution in [-0.4, -0.2) is 48.5 Å². The van der Waals surface area contributed by atoms with E-state index < -0.39 is 0 Å². The Balaban J connectivity index is 1.83. The largest absolute Gasteiger partial charge is 0.306 e. The molecule has 0 spiro atoms. The highest BCUT2D eigenvalue weighted by molar-refractivity contribution is 6.29. The molecule has 1 aliphatic heterocycles. The molecule has 0 aromatic carbocycles. The number of hydrogen-bond donors (Lipinski definition) is 0. The van der Waals surface area contributed by atoms with Crippen molar-refractivity contribution in [2.75, 3.05) is 33.7 Å². The van der Waals surface area contributed by atoms with Gasteiger partial charge in [-0.3, -0.25) is 0 Å². The van der Waals surface area contributed by atoms with Crippen molar-refractivity contribution in [3.63, 3.8) is 0 Å². The van der Waals surface area contributed by atoms with E-state index in [9.17, 15) is 0 Å². The van der Waals surface area contributed by atoms with E-state index in [0.29, 0.717) is 5.15 Å². The highest BCUT2D eigenvalue weighted by Crippen LogP contribution is 2.16. The molecular weight excluding hydrogens is 234 g/mol. The minimum Gasteiger partial charge on any atom is -0.306 e. The first-order valence-electron chi connectivity index (χ1n) is 6.12. The zero-order valence-corrected chi connectivity index (χ0v) is 11.3. The molecule has 2 rings (SSSR count). The van der Waals surface area contributed by atoms with Crippen LogP contribution in [0.2, 0.25) is 5.15 Å². The van der Waals surface area contributed by atoms with Crippen LogP contribution in [0.3, 0.4) is 0 Å². The van der Waals surface area contributed by atoms with E-state index in [4.69, 9.17) is 11.6 Å². The van der Waals surface area contributed by atoms with Gasteiger partial charge in [-0.1, -0.05) is 17.7 Å². The molecule has 0 N–H and O–H groups in total. The van der Waals surface area contributed by atoms with Crippen LogP contribution in [0.25, 0.3) is 0 Å². The number of pyridine rings is 1. The summed E-state index contributed by atoms with van der Waals surface area (Å²) >= 11 is 5.88. The molecule has 3 nitrogen and oxygen atoms in total. The second-order valence-electron chi connectivity index (χ2n) is 5.07. The SMILES string of the molecule is CN1CCC(CN(C)Cc2cccc(Cl)n2)C1. The van der Waals surface area contributed by atoms with Gasteiger partial charge >= 0.3 is 0 Å². The Morgan fingerprint density at radius 3 is 3.00 bits per heavy atom. The van der Waals surface area contributed by atoms with Gasteiger partial charge in [0.25, 0.3) is 0 Å². The molecule has 1 unspecified atom stereocenters. The highest BCUT2D eigenvalue weighted by atomic mass is 35.5. The molecular formula is C13H20ClN3. The van der Waals surface area contributed by atoms with Crippen LogP contribution in [0.1, 0.15) is 12.1 Å². The first-order valence-corrected chi connectivity index (χ1v) is 6.50. The lowest BCUT2D eigenvalue weighted by molar-refractivity contribution is 0.265. The summed E-state index contributed by atoms with van der Waals surface area (Å²) < 4.78 is 0.